The van der Waals surface area contributed by atoms with Crippen molar-refractivity contribution in [1.82, 2.24) is 9.97 Å². The number of rotatable bonds is 2. The van der Waals surface area contributed by atoms with Crippen LogP contribution in [-0.2, 0) is 6.61 Å². The number of imidazole rings is 1. The van der Waals surface area contributed by atoms with Gasteiger partial charge in [-0.2, -0.15) is 11.8 Å². The summed E-state index contributed by atoms with van der Waals surface area (Å²) >= 11 is 3.92. The molecule has 0 amide bonds. The van der Waals surface area contributed by atoms with E-state index in [1.807, 2.05) is 23.5 Å². The summed E-state index contributed by atoms with van der Waals surface area (Å²) < 4.78 is 0. The van der Waals surface area contributed by atoms with Crippen LogP contribution in [0.5, 0.6) is 0 Å². The Labute approximate surface area is 85.7 Å². The Kier molecular flexibility index (Phi) is 3.18. The molecule has 2 rings (SSSR count). The minimum absolute atomic E-state index is 0.0531. The van der Waals surface area contributed by atoms with Crippen LogP contribution >= 0.6 is 23.5 Å². The van der Waals surface area contributed by atoms with Crippen molar-refractivity contribution in [3.8, 4) is 0 Å². The highest BCUT2D eigenvalue weighted by atomic mass is 32.2. The number of aromatic amines is 1. The lowest BCUT2D eigenvalue weighted by Gasteiger charge is -2.18. The summed E-state index contributed by atoms with van der Waals surface area (Å²) in [4.78, 5) is 7.40. The summed E-state index contributed by atoms with van der Waals surface area (Å²) in [6, 6.07) is 0. The van der Waals surface area contributed by atoms with Gasteiger partial charge >= 0.3 is 0 Å². The third-order valence-corrected chi connectivity index (χ3v) is 4.70. The summed E-state index contributed by atoms with van der Waals surface area (Å²) in [6.45, 7) is 0.0531. The topological polar surface area (TPSA) is 48.9 Å². The summed E-state index contributed by atoms with van der Waals surface area (Å²) in [5, 5.41) is 9.35. The summed E-state index contributed by atoms with van der Waals surface area (Å²) in [6.07, 6.45) is 1.72. The Morgan fingerprint density at radius 1 is 1.62 bits per heavy atom. The monoisotopic (exact) mass is 216 g/mol. The quantitative estimate of drug-likeness (QED) is 0.785. The van der Waals surface area contributed by atoms with Crippen LogP contribution in [0.25, 0.3) is 0 Å². The van der Waals surface area contributed by atoms with Gasteiger partial charge in [-0.15, -0.1) is 11.8 Å². The van der Waals surface area contributed by atoms with Crippen molar-refractivity contribution < 1.29 is 5.11 Å². The molecule has 5 heteroatoms. The van der Waals surface area contributed by atoms with E-state index in [0.717, 1.165) is 17.3 Å². The van der Waals surface area contributed by atoms with Crippen LogP contribution in [0.1, 0.15) is 16.8 Å². The highest BCUT2D eigenvalue weighted by molar-refractivity contribution is 8.06. The number of thioether (sulfide) groups is 2. The van der Waals surface area contributed by atoms with Crippen molar-refractivity contribution >= 4 is 23.5 Å². The largest absolute Gasteiger partial charge is 0.390 e. The molecule has 0 spiro atoms. The molecule has 2 heterocycles. The maximum atomic E-state index is 8.87. The summed E-state index contributed by atoms with van der Waals surface area (Å²) in [7, 11) is 0. The molecule has 0 bridgehead atoms. The standard InChI is InChI=1S/C8H12N2OS2/c11-4-6-3-9-8(10-6)7-5-12-1-2-13-7/h3,7,11H,1-2,4-5H2,(H,9,10). The summed E-state index contributed by atoms with van der Waals surface area (Å²) in [5.74, 6) is 4.59. The predicted octanol–water partition coefficient (Wildman–Crippen LogP) is 1.42. The van der Waals surface area contributed by atoms with Crippen molar-refractivity contribution in [3.63, 3.8) is 0 Å². The van der Waals surface area contributed by atoms with Crippen LogP contribution in [0.15, 0.2) is 6.20 Å². The zero-order valence-electron chi connectivity index (χ0n) is 7.19. The number of hydrogen-bond acceptors (Lipinski definition) is 4. The number of aliphatic hydroxyl groups excluding tert-OH is 1. The molecule has 13 heavy (non-hydrogen) atoms. The van der Waals surface area contributed by atoms with E-state index < -0.39 is 0 Å². The van der Waals surface area contributed by atoms with Gasteiger partial charge in [0, 0.05) is 17.3 Å². The molecule has 1 saturated heterocycles. The third kappa shape index (κ3) is 2.21. The molecule has 1 aliphatic rings. The van der Waals surface area contributed by atoms with Crippen molar-refractivity contribution in [2.75, 3.05) is 17.3 Å². The smallest absolute Gasteiger partial charge is 0.120 e. The fourth-order valence-electron chi connectivity index (χ4n) is 1.27. The lowest BCUT2D eigenvalue weighted by molar-refractivity contribution is 0.277. The minimum Gasteiger partial charge on any atom is -0.390 e. The Morgan fingerprint density at radius 2 is 2.54 bits per heavy atom. The van der Waals surface area contributed by atoms with Crippen LogP contribution < -0.4 is 0 Å². The molecule has 2 N–H and O–H groups in total. The third-order valence-electron chi connectivity index (χ3n) is 1.94. The second-order valence-corrected chi connectivity index (χ2v) is 5.35. The normalized spacial score (nSPS) is 23.3. The van der Waals surface area contributed by atoms with Gasteiger partial charge in [-0.05, 0) is 0 Å². The van der Waals surface area contributed by atoms with Crippen molar-refractivity contribution in [1.29, 1.82) is 0 Å². The van der Waals surface area contributed by atoms with E-state index in [0.29, 0.717) is 5.25 Å². The maximum Gasteiger partial charge on any atom is 0.120 e. The molecule has 0 aromatic carbocycles. The van der Waals surface area contributed by atoms with Gasteiger partial charge in [0.05, 0.1) is 23.7 Å². The van der Waals surface area contributed by atoms with Crippen molar-refractivity contribution in [2.24, 2.45) is 0 Å². The minimum atomic E-state index is 0.0531. The van der Waals surface area contributed by atoms with E-state index in [9.17, 15) is 0 Å². The first-order chi connectivity index (χ1) is 6.40. The summed E-state index contributed by atoms with van der Waals surface area (Å²) in [5.41, 5.74) is 0.811. The van der Waals surface area contributed by atoms with Crippen molar-refractivity contribution in [3.05, 3.63) is 17.7 Å². The van der Waals surface area contributed by atoms with Gasteiger partial charge in [-0.3, -0.25) is 0 Å². The highest BCUT2D eigenvalue weighted by Crippen LogP contribution is 2.34. The highest BCUT2D eigenvalue weighted by Gasteiger charge is 2.18. The number of hydrogen-bond donors (Lipinski definition) is 2. The number of nitrogens with zero attached hydrogens (tertiary/aromatic N) is 1. The molecular weight excluding hydrogens is 204 g/mol. The van der Waals surface area contributed by atoms with Gasteiger partial charge in [-0.25, -0.2) is 4.98 Å². The van der Waals surface area contributed by atoms with E-state index in [1.165, 1.54) is 11.5 Å². The van der Waals surface area contributed by atoms with E-state index in [2.05, 4.69) is 9.97 Å². The number of nitrogens with one attached hydrogen (secondary N) is 1. The van der Waals surface area contributed by atoms with Crippen LogP contribution in [0.3, 0.4) is 0 Å². The molecule has 1 aromatic rings. The van der Waals surface area contributed by atoms with Gasteiger partial charge in [0.2, 0.25) is 0 Å². The molecule has 1 aromatic heterocycles. The Morgan fingerprint density at radius 3 is 3.15 bits per heavy atom. The lowest BCUT2D eigenvalue weighted by atomic mass is 10.4. The average molecular weight is 216 g/mol. The number of H-pyrrole nitrogens is 1. The van der Waals surface area contributed by atoms with Gasteiger partial charge in [0.15, 0.2) is 0 Å². The first-order valence-corrected chi connectivity index (χ1v) is 6.44. The van der Waals surface area contributed by atoms with Gasteiger partial charge in [0.1, 0.15) is 5.82 Å². The van der Waals surface area contributed by atoms with Crippen LogP contribution in [0, 0.1) is 0 Å². The molecular formula is C8H12N2OS2. The predicted molar refractivity (Wildman–Crippen MR) is 57.0 cm³/mol. The second-order valence-electron chi connectivity index (χ2n) is 2.89. The van der Waals surface area contributed by atoms with Gasteiger partial charge < -0.3 is 10.1 Å². The molecule has 0 saturated carbocycles. The Balaban J connectivity index is 2.05. The van der Waals surface area contributed by atoms with E-state index in [-0.39, 0.29) is 6.61 Å². The molecule has 1 atom stereocenters. The Bertz CT molecular complexity index is 271. The fraction of sp³-hybridized carbons (Fsp3) is 0.625. The molecule has 72 valence electrons. The number of aromatic nitrogens is 2. The van der Waals surface area contributed by atoms with Crippen LogP contribution in [0.4, 0.5) is 0 Å². The lowest BCUT2D eigenvalue weighted by Crippen LogP contribution is -2.08. The zero-order valence-corrected chi connectivity index (χ0v) is 8.83. The molecule has 0 radical (unpaired) electrons. The van der Waals surface area contributed by atoms with Crippen molar-refractivity contribution in [2.45, 2.75) is 11.9 Å². The first kappa shape index (κ1) is 9.43. The van der Waals surface area contributed by atoms with Crippen LogP contribution in [0.2, 0.25) is 0 Å². The zero-order chi connectivity index (χ0) is 9.10. The fourth-order valence-corrected chi connectivity index (χ4v) is 3.90. The Hall–Kier alpha value is -0.130. The van der Waals surface area contributed by atoms with E-state index >= 15 is 0 Å². The number of aliphatic hydroxyl groups is 1. The van der Waals surface area contributed by atoms with E-state index in [1.54, 1.807) is 6.20 Å². The molecule has 1 fully saturated rings. The van der Waals surface area contributed by atoms with Crippen LogP contribution in [-0.4, -0.2) is 32.3 Å². The molecule has 1 aliphatic heterocycles. The first-order valence-electron chi connectivity index (χ1n) is 4.24. The average Bonchev–Trinajstić information content (AvgIpc) is 2.67. The maximum absolute atomic E-state index is 8.87. The van der Waals surface area contributed by atoms with Gasteiger partial charge in [0.25, 0.3) is 0 Å². The van der Waals surface area contributed by atoms with Gasteiger partial charge in [-0.1, -0.05) is 0 Å². The van der Waals surface area contributed by atoms with E-state index in [4.69, 9.17) is 5.11 Å². The SMILES string of the molecule is OCc1cnc(C2CSCCS2)[nH]1. The molecule has 0 aliphatic carbocycles. The molecule has 1 unspecified atom stereocenters. The molecule has 3 nitrogen and oxygen atoms in total. The second kappa shape index (κ2) is 4.39.